The molecule has 0 aliphatic carbocycles. The molecule has 0 N–H and O–H groups in total. The van der Waals surface area contributed by atoms with E-state index < -0.39 is 11.9 Å². The zero-order chi connectivity index (χ0) is 36.3. The van der Waals surface area contributed by atoms with Crippen molar-refractivity contribution in [3.63, 3.8) is 0 Å². The van der Waals surface area contributed by atoms with Crippen LogP contribution in [0, 0.1) is 0 Å². The largest absolute Gasteiger partial charge is 0.545 e. The number of nitrogens with zero attached hydrogens (tertiary/aromatic N) is 2. The SMILES string of the molecule is C=C(C)C(=O)[O-].C=C(C)C(=O)[O-].CCCC[N+](CCCC)(CCCC)CCCC.CCCC[N+](CCCC)(CCCC)CCCC. The molecule has 6 nitrogen and oxygen atoms in total. The minimum absolute atomic E-state index is 0.0648. The Hall–Kier alpha value is -1.66. The molecule has 0 aliphatic rings. The van der Waals surface area contributed by atoms with Gasteiger partial charge in [0.15, 0.2) is 0 Å². The summed E-state index contributed by atoms with van der Waals surface area (Å²) < 4.78 is 2.84. The summed E-state index contributed by atoms with van der Waals surface area (Å²) in [6, 6.07) is 0. The quantitative estimate of drug-likeness (QED) is 0.0691. The van der Waals surface area contributed by atoms with Gasteiger partial charge in [0.2, 0.25) is 0 Å². The first-order valence-electron chi connectivity index (χ1n) is 19.2. The van der Waals surface area contributed by atoms with Crippen molar-refractivity contribution in [2.75, 3.05) is 52.4 Å². The Labute approximate surface area is 288 Å². The zero-order valence-electron chi connectivity index (χ0n) is 32.9. The molecule has 0 aromatic heterocycles. The maximum atomic E-state index is 9.49. The lowest BCUT2D eigenvalue weighted by atomic mass is 10.1. The van der Waals surface area contributed by atoms with Crippen molar-refractivity contribution < 1.29 is 28.8 Å². The average Bonchev–Trinajstić information content (AvgIpc) is 3.04. The molecule has 0 fully saturated rings. The van der Waals surface area contributed by atoms with Crippen LogP contribution in [0.2, 0.25) is 0 Å². The summed E-state index contributed by atoms with van der Waals surface area (Å²) in [5, 5.41) is 19.0. The summed E-state index contributed by atoms with van der Waals surface area (Å²) in [4.78, 5) is 19.0. The minimum atomic E-state index is -1.19. The predicted octanol–water partition coefficient (Wildman–Crippen LogP) is 8.63. The summed E-state index contributed by atoms with van der Waals surface area (Å²) in [7, 11) is 0. The first kappa shape index (κ1) is 51.2. The molecule has 46 heavy (non-hydrogen) atoms. The van der Waals surface area contributed by atoms with Crippen LogP contribution in [0.4, 0.5) is 0 Å². The van der Waals surface area contributed by atoms with Crippen molar-refractivity contribution in [1.29, 1.82) is 0 Å². The van der Waals surface area contributed by atoms with Crippen LogP contribution in [0.15, 0.2) is 24.3 Å². The summed E-state index contributed by atoms with van der Waals surface area (Å²) in [5.41, 5.74) is 0.130. The number of aliphatic carboxylic acids is 2. The monoisotopic (exact) mass is 655 g/mol. The number of carboxylic acid groups (broad SMARTS) is 2. The number of rotatable bonds is 26. The first-order chi connectivity index (χ1) is 21.8. The smallest absolute Gasteiger partial charge is 0.0786 e. The van der Waals surface area contributed by atoms with Crippen LogP contribution in [-0.2, 0) is 9.59 Å². The minimum Gasteiger partial charge on any atom is -0.545 e. The van der Waals surface area contributed by atoms with E-state index in [9.17, 15) is 19.8 Å². The van der Waals surface area contributed by atoms with Gasteiger partial charge < -0.3 is 28.8 Å². The Balaban J connectivity index is -0.000000284. The second kappa shape index (κ2) is 36.2. The molecule has 276 valence electrons. The summed E-state index contributed by atoms with van der Waals surface area (Å²) in [6.07, 6.45) is 22.1. The van der Waals surface area contributed by atoms with E-state index in [1.165, 1.54) is 178 Å². The molecule has 0 aromatic rings. The Morgan fingerprint density at radius 1 is 0.391 bits per heavy atom. The van der Waals surface area contributed by atoms with Crippen molar-refractivity contribution in [1.82, 2.24) is 0 Å². The third-order valence-corrected chi connectivity index (χ3v) is 8.58. The van der Waals surface area contributed by atoms with Crippen LogP contribution in [0.5, 0.6) is 0 Å². The number of hydrogen-bond acceptors (Lipinski definition) is 4. The van der Waals surface area contributed by atoms with E-state index in [1.54, 1.807) is 0 Å². The molecule has 0 saturated carbocycles. The molecule has 0 unspecified atom stereocenters. The fraction of sp³-hybridized carbons (Fsp3) is 0.850. The predicted molar refractivity (Wildman–Crippen MR) is 198 cm³/mol. The second-order valence-corrected chi connectivity index (χ2v) is 13.4. The zero-order valence-corrected chi connectivity index (χ0v) is 32.9. The Bertz CT molecular complexity index is 561. The number of carbonyl (C=O) groups excluding carboxylic acids is 2. The van der Waals surface area contributed by atoms with Crippen LogP contribution in [-0.4, -0.2) is 73.3 Å². The molecule has 0 aliphatic heterocycles. The Morgan fingerprint density at radius 2 is 0.500 bits per heavy atom. The molecule has 0 rings (SSSR count). The van der Waals surface area contributed by atoms with Crippen LogP contribution in [0.1, 0.15) is 172 Å². The maximum absolute atomic E-state index is 9.49. The molecular weight excluding hydrogens is 572 g/mol. The lowest BCUT2D eigenvalue weighted by Gasteiger charge is -2.39. The Kier molecular flexibility index (Phi) is 40.3. The lowest BCUT2D eigenvalue weighted by molar-refractivity contribution is -0.929. The van der Waals surface area contributed by atoms with Gasteiger partial charge in [-0.2, -0.15) is 0 Å². The molecule has 0 aromatic carbocycles. The highest BCUT2D eigenvalue weighted by molar-refractivity contribution is 5.83. The molecule has 0 bridgehead atoms. The van der Waals surface area contributed by atoms with E-state index >= 15 is 0 Å². The molecule has 0 amide bonds. The summed E-state index contributed by atoms with van der Waals surface area (Å²) in [6.45, 7) is 39.0. The summed E-state index contributed by atoms with van der Waals surface area (Å²) in [5.74, 6) is -2.37. The van der Waals surface area contributed by atoms with Crippen LogP contribution >= 0.6 is 0 Å². The van der Waals surface area contributed by atoms with Crippen LogP contribution < -0.4 is 10.2 Å². The molecule has 0 saturated heterocycles. The average molecular weight is 655 g/mol. The van der Waals surface area contributed by atoms with Crippen LogP contribution in [0.3, 0.4) is 0 Å². The molecule has 0 radical (unpaired) electrons. The fourth-order valence-electron chi connectivity index (χ4n) is 5.29. The van der Waals surface area contributed by atoms with Gasteiger partial charge in [0.05, 0.1) is 64.3 Å². The summed E-state index contributed by atoms with van der Waals surface area (Å²) >= 11 is 0. The Morgan fingerprint density at radius 3 is 0.565 bits per heavy atom. The maximum Gasteiger partial charge on any atom is 0.0786 e. The van der Waals surface area contributed by atoms with E-state index in [0.29, 0.717) is 0 Å². The highest BCUT2D eigenvalue weighted by atomic mass is 16.4. The van der Waals surface area contributed by atoms with Gasteiger partial charge in [-0.1, -0.05) is 120 Å². The normalized spacial score (nSPS) is 10.8. The van der Waals surface area contributed by atoms with Crippen molar-refractivity contribution in [2.45, 2.75) is 172 Å². The first-order valence-corrected chi connectivity index (χ1v) is 19.2. The van der Waals surface area contributed by atoms with Crippen LogP contribution in [0.25, 0.3) is 0 Å². The van der Waals surface area contributed by atoms with Gasteiger partial charge in [-0.3, -0.25) is 0 Å². The molecule has 0 spiro atoms. The van der Waals surface area contributed by atoms with E-state index in [4.69, 9.17) is 0 Å². The van der Waals surface area contributed by atoms with Crippen molar-refractivity contribution >= 4 is 11.9 Å². The topological polar surface area (TPSA) is 80.3 Å². The molecular formula is C40H82N2O4. The highest BCUT2D eigenvalue weighted by Gasteiger charge is 2.25. The molecule has 6 heteroatoms. The third kappa shape index (κ3) is 33.7. The van der Waals surface area contributed by atoms with E-state index in [0.717, 1.165) is 0 Å². The standard InChI is InChI=1S/2C16H36N.2C4H6O2/c2*1-5-9-13-17(14-10-6-2,15-11-7-3)16-12-8-4;2*1-3(2)4(5)6/h2*5-16H2,1-4H3;2*1H2,2H3,(H,5,6)/q2*+1;;/p-2. The fourth-order valence-corrected chi connectivity index (χ4v) is 5.29. The van der Waals surface area contributed by atoms with Gasteiger partial charge in [0.25, 0.3) is 0 Å². The van der Waals surface area contributed by atoms with Crippen molar-refractivity contribution in [3.05, 3.63) is 24.3 Å². The van der Waals surface area contributed by atoms with Gasteiger partial charge in [0.1, 0.15) is 0 Å². The van der Waals surface area contributed by atoms with Crippen molar-refractivity contribution in [3.8, 4) is 0 Å². The highest BCUT2D eigenvalue weighted by Crippen LogP contribution is 2.17. The van der Waals surface area contributed by atoms with Gasteiger partial charge >= 0.3 is 0 Å². The van der Waals surface area contributed by atoms with Gasteiger partial charge in [-0.25, -0.2) is 0 Å². The van der Waals surface area contributed by atoms with Gasteiger partial charge in [-0.15, -0.1) is 0 Å². The number of unbranched alkanes of at least 4 members (excludes halogenated alkanes) is 8. The number of hydrogen-bond donors (Lipinski definition) is 0. The second-order valence-electron chi connectivity index (χ2n) is 13.4. The number of quaternary nitrogens is 2. The van der Waals surface area contributed by atoms with Gasteiger partial charge in [0, 0.05) is 0 Å². The lowest BCUT2D eigenvalue weighted by Crippen LogP contribution is -2.50. The van der Waals surface area contributed by atoms with E-state index in [1.807, 2.05) is 0 Å². The van der Waals surface area contributed by atoms with E-state index in [-0.39, 0.29) is 11.1 Å². The number of carboxylic acids is 2. The van der Waals surface area contributed by atoms with Crippen molar-refractivity contribution in [2.24, 2.45) is 0 Å². The molecule has 0 atom stereocenters. The van der Waals surface area contributed by atoms with Gasteiger partial charge in [-0.05, 0) is 76.4 Å². The number of carbonyl (C=O) groups is 2. The van der Waals surface area contributed by atoms with E-state index in [2.05, 4.69) is 68.5 Å². The third-order valence-electron chi connectivity index (χ3n) is 8.58. The molecule has 0 heterocycles.